The van der Waals surface area contributed by atoms with Crippen molar-refractivity contribution in [3.05, 3.63) is 35.4 Å². The van der Waals surface area contributed by atoms with E-state index in [-0.39, 0.29) is 0 Å². The average molecular weight is 240 g/mol. The maximum absolute atomic E-state index is 3.45. The number of hydrogen-bond acceptors (Lipinski definition) is 0. The van der Waals surface area contributed by atoms with Gasteiger partial charge < -0.3 is 0 Å². The van der Waals surface area contributed by atoms with Crippen molar-refractivity contribution in [2.24, 2.45) is 5.92 Å². The predicted molar refractivity (Wildman–Crippen MR) is 78.5 cm³/mol. The lowest BCUT2D eigenvalue weighted by molar-refractivity contribution is 0.430. The van der Waals surface area contributed by atoms with Crippen molar-refractivity contribution in [2.75, 3.05) is 0 Å². The number of hydrogen-bond donors (Lipinski definition) is 0. The summed E-state index contributed by atoms with van der Waals surface area (Å²) < 4.78 is 0. The molecule has 1 aliphatic carbocycles. The molecule has 2 rings (SSSR count). The maximum atomic E-state index is 3.45. The van der Waals surface area contributed by atoms with E-state index in [2.05, 4.69) is 43.0 Å². The van der Waals surface area contributed by atoms with Gasteiger partial charge in [0.25, 0.3) is 0 Å². The molecule has 1 fully saturated rings. The third kappa shape index (κ3) is 4.22. The van der Waals surface area contributed by atoms with E-state index in [1.807, 2.05) is 0 Å². The van der Waals surface area contributed by atoms with Crippen LogP contribution < -0.4 is 0 Å². The molecule has 0 bridgehead atoms. The summed E-state index contributed by atoms with van der Waals surface area (Å²) in [5.41, 5.74) is 2.63. The largest absolute Gasteiger partial charge is 0.0945 e. The zero-order valence-electron chi connectivity index (χ0n) is 11.5. The van der Waals surface area contributed by atoms with Crippen molar-refractivity contribution in [2.45, 2.75) is 58.3 Å². The third-order valence-electron chi connectivity index (χ3n) is 3.80. The highest BCUT2D eigenvalue weighted by atomic mass is 14.1. The van der Waals surface area contributed by atoms with Gasteiger partial charge in [-0.25, -0.2) is 0 Å². The van der Waals surface area contributed by atoms with Crippen LogP contribution in [0, 0.1) is 17.8 Å². The summed E-state index contributed by atoms with van der Waals surface area (Å²) in [6.07, 6.45) is 10.5. The Morgan fingerprint density at radius 3 is 2.44 bits per heavy atom. The van der Waals surface area contributed by atoms with Gasteiger partial charge in [0.15, 0.2) is 0 Å². The first-order valence-corrected chi connectivity index (χ1v) is 7.49. The van der Waals surface area contributed by atoms with Gasteiger partial charge in [0.1, 0.15) is 0 Å². The van der Waals surface area contributed by atoms with Crippen LogP contribution in [-0.4, -0.2) is 0 Å². The molecule has 0 heterocycles. The first-order chi connectivity index (χ1) is 8.88. The normalized spacial score (nSPS) is 16.1. The highest BCUT2D eigenvalue weighted by Crippen LogP contribution is 2.22. The molecule has 18 heavy (non-hydrogen) atoms. The molecule has 1 aromatic rings. The number of rotatable bonds is 3. The van der Waals surface area contributed by atoms with E-state index in [9.17, 15) is 0 Å². The third-order valence-corrected chi connectivity index (χ3v) is 3.80. The Kier molecular flexibility index (Phi) is 5.34. The van der Waals surface area contributed by atoms with Crippen LogP contribution in [-0.2, 0) is 6.42 Å². The topological polar surface area (TPSA) is 0 Å². The van der Waals surface area contributed by atoms with E-state index in [1.54, 1.807) is 0 Å². The van der Waals surface area contributed by atoms with Crippen LogP contribution in [0.2, 0.25) is 0 Å². The lowest BCUT2D eigenvalue weighted by Crippen LogP contribution is -2.02. The van der Waals surface area contributed by atoms with E-state index < -0.39 is 0 Å². The first-order valence-electron chi connectivity index (χ1n) is 7.49. The predicted octanol–water partition coefficient (Wildman–Crippen LogP) is 4.96. The fourth-order valence-corrected chi connectivity index (χ4v) is 2.57. The van der Waals surface area contributed by atoms with Gasteiger partial charge in [0, 0.05) is 11.5 Å². The minimum absolute atomic E-state index is 0.651. The molecule has 1 aromatic carbocycles. The SMILES string of the molecule is CCCCc1ccc(C#CC2CCCCC2)cc1. The van der Waals surface area contributed by atoms with Gasteiger partial charge in [-0.1, -0.05) is 56.6 Å². The van der Waals surface area contributed by atoms with Crippen molar-refractivity contribution in [1.82, 2.24) is 0 Å². The van der Waals surface area contributed by atoms with Crippen molar-refractivity contribution in [3.63, 3.8) is 0 Å². The maximum Gasteiger partial charge on any atom is 0.0245 e. The zero-order valence-corrected chi connectivity index (χ0v) is 11.5. The summed E-state index contributed by atoms with van der Waals surface area (Å²) in [5, 5.41) is 0. The molecule has 0 nitrogen and oxygen atoms in total. The molecule has 96 valence electrons. The van der Waals surface area contributed by atoms with Crippen molar-refractivity contribution < 1.29 is 0 Å². The van der Waals surface area contributed by atoms with Gasteiger partial charge >= 0.3 is 0 Å². The second kappa shape index (κ2) is 7.27. The molecule has 0 heteroatoms. The standard InChI is InChI=1S/C18H24/c1-2-3-7-17-11-14-18(15-12-17)13-10-16-8-5-4-6-9-16/h11-12,14-16H,2-9H2,1H3. The smallest absolute Gasteiger partial charge is 0.0245 e. The quantitative estimate of drug-likeness (QED) is 0.655. The minimum atomic E-state index is 0.651. The second-order valence-corrected chi connectivity index (χ2v) is 5.40. The molecule has 0 aromatic heterocycles. The molecule has 1 aliphatic rings. The minimum Gasteiger partial charge on any atom is -0.0945 e. The van der Waals surface area contributed by atoms with E-state index in [0.717, 1.165) is 0 Å². The van der Waals surface area contributed by atoms with Crippen molar-refractivity contribution in [1.29, 1.82) is 0 Å². The monoisotopic (exact) mass is 240 g/mol. The molecule has 0 atom stereocenters. The molecule has 0 unspecified atom stereocenters. The summed E-state index contributed by atoms with van der Waals surface area (Å²) >= 11 is 0. The molecule has 0 aliphatic heterocycles. The molecule has 0 amide bonds. The molecule has 0 spiro atoms. The summed E-state index contributed by atoms with van der Waals surface area (Å²) in [5.74, 6) is 7.45. The van der Waals surface area contributed by atoms with E-state index >= 15 is 0 Å². The van der Waals surface area contributed by atoms with Gasteiger partial charge in [-0.3, -0.25) is 0 Å². The van der Waals surface area contributed by atoms with Crippen LogP contribution in [0.1, 0.15) is 63.0 Å². The van der Waals surface area contributed by atoms with Gasteiger partial charge in [-0.15, -0.1) is 0 Å². The molecule has 0 saturated heterocycles. The van der Waals surface area contributed by atoms with Gasteiger partial charge in [-0.05, 0) is 43.4 Å². The van der Waals surface area contributed by atoms with Crippen LogP contribution in [0.3, 0.4) is 0 Å². The van der Waals surface area contributed by atoms with Crippen LogP contribution in [0.15, 0.2) is 24.3 Å². The Labute approximate surface area is 112 Å². The first kappa shape index (κ1) is 13.2. The summed E-state index contributed by atoms with van der Waals surface area (Å²) in [7, 11) is 0. The Morgan fingerprint density at radius 1 is 1.06 bits per heavy atom. The highest BCUT2D eigenvalue weighted by Gasteiger charge is 2.09. The van der Waals surface area contributed by atoms with Gasteiger partial charge in [0.05, 0.1) is 0 Å². The summed E-state index contributed by atoms with van der Waals surface area (Å²) in [6, 6.07) is 8.84. The van der Waals surface area contributed by atoms with Crippen LogP contribution in [0.25, 0.3) is 0 Å². The summed E-state index contributed by atoms with van der Waals surface area (Å²) in [6.45, 7) is 2.24. The summed E-state index contributed by atoms with van der Waals surface area (Å²) in [4.78, 5) is 0. The molecular formula is C18H24. The Bertz CT molecular complexity index is 396. The van der Waals surface area contributed by atoms with E-state index in [4.69, 9.17) is 0 Å². The lowest BCUT2D eigenvalue weighted by Gasteiger charge is -2.15. The number of aryl methyl sites for hydroxylation is 1. The fraction of sp³-hybridized carbons (Fsp3) is 0.556. The van der Waals surface area contributed by atoms with Crippen LogP contribution in [0.4, 0.5) is 0 Å². The number of benzene rings is 1. The Morgan fingerprint density at radius 2 is 1.78 bits per heavy atom. The zero-order chi connectivity index (χ0) is 12.6. The molecule has 0 N–H and O–H groups in total. The average Bonchev–Trinajstić information content (AvgIpc) is 2.45. The lowest BCUT2D eigenvalue weighted by atomic mass is 9.89. The van der Waals surface area contributed by atoms with E-state index in [1.165, 1.54) is 62.5 Å². The van der Waals surface area contributed by atoms with Crippen molar-refractivity contribution in [3.8, 4) is 11.8 Å². The molecule has 0 radical (unpaired) electrons. The Hall–Kier alpha value is -1.22. The van der Waals surface area contributed by atoms with Crippen LogP contribution >= 0.6 is 0 Å². The van der Waals surface area contributed by atoms with Crippen LogP contribution in [0.5, 0.6) is 0 Å². The molecular weight excluding hydrogens is 216 g/mol. The molecule has 1 saturated carbocycles. The van der Waals surface area contributed by atoms with Gasteiger partial charge in [-0.2, -0.15) is 0 Å². The van der Waals surface area contributed by atoms with E-state index in [0.29, 0.717) is 5.92 Å². The fourth-order valence-electron chi connectivity index (χ4n) is 2.57. The second-order valence-electron chi connectivity index (χ2n) is 5.40. The van der Waals surface area contributed by atoms with Crippen molar-refractivity contribution >= 4 is 0 Å². The highest BCUT2D eigenvalue weighted by molar-refractivity contribution is 5.36. The Balaban J connectivity index is 1.91. The number of unbranched alkanes of at least 4 members (excludes halogenated alkanes) is 1. The van der Waals surface area contributed by atoms with Gasteiger partial charge in [0.2, 0.25) is 0 Å².